The van der Waals surface area contributed by atoms with Gasteiger partial charge in [0.2, 0.25) is 0 Å². The number of aliphatic hydroxyl groups is 1. The Kier molecular flexibility index (Phi) is 3.11. The molecule has 72 valence electrons. The molecule has 0 heterocycles. The smallest absolute Gasteiger partial charge is 0.125 e. The van der Waals surface area contributed by atoms with Gasteiger partial charge in [-0.05, 0) is 11.6 Å². The van der Waals surface area contributed by atoms with Gasteiger partial charge in [-0.2, -0.15) is 0 Å². The highest BCUT2D eigenvalue weighted by Crippen LogP contribution is 2.24. The summed E-state index contributed by atoms with van der Waals surface area (Å²) in [5.74, 6) is 0.664. The van der Waals surface area contributed by atoms with Crippen molar-refractivity contribution in [2.45, 2.75) is 12.6 Å². The van der Waals surface area contributed by atoms with Gasteiger partial charge < -0.3 is 20.7 Å². The van der Waals surface area contributed by atoms with Gasteiger partial charge in [0.1, 0.15) is 17.7 Å². The number of phenolic OH excluding ortho intramolecular Hbond substituents is 1. The van der Waals surface area contributed by atoms with E-state index in [0.29, 0.717) is 12.2 Å². The third kappa shape index (κ3) is 2.61. The quantitative estimate of drug-likeness (QED) is 0.586. The molecule has 4 N–H and O–H groups in total. The first-order valence-electron chi connectivity index (χ1n) is 3.93. The summed E-state index contributed by atoms with van der Waals surface area (Å²) in [4.78, 5) is 0. The first-order chi connectivity index (χ1) is 6.13. The minimum atomic E-state index is -0.904. The number of hydrogen-bond acceptors (Lipinski definition) is 4. The summed E-state index contributed by atoms with van der Waals surface area (Å²) >= 11 is 0. The molecule has 4 nitrogen and oxygen atoms in total. The molecule has 0 aliphatic heterocycles. The van der Waals surface area contributed by atoms with Gasteiger partial charge >= 0.3 is 0 Å². The molecule has 1 aromatic rings. The third-order valence-electron chi connectivity index (χ3n) is 1.70. The van der Waals surface area contributed by atoms with Gasteiger partial charge in [-0.15, -0.1) is 0 Å². The minimum Gasteiger partial charge on any atom is -0.508 e. The molecule has 0 bridgehead atoms. The maximum Gasteiger partial charge on any atom is 0.125 e. The Morgan fingerprint density at radius 2 is 2.23 bits per heavy atom. The summed E-state index contributed by atoms with van der Waals surface area (Å²) < 4.78 is 5.00. The summed E-state index contributed by atoms with van der Waals surface area (Å²) in [6, 6.07) is 4.68. The molecular formula is C9H13NO3. The summed E-state index contributed by atoms with van der Waals surface area (Å²) in [6.45, 7) is 0. The van der Waals surface area contributed by atoms with Crippen LogP contribution in [0, 0.1) is 0 Å². The van der Waals surface area contributed by atoms with Gasteiger partial charge in [0, 0.05) is 12.5 Å². The topological polar surface area (TPSA) is 75.7 Å². The van der Waals surface area contributed by atoms with E-state index in [1.807, 2.05) is 0 Å². The lowest BCUT2D eigenvalue weighted by Gasteiger charge is -2.09. The van der Waals surface area contributed by atoms with E-state index in [1.165, 1.54) is 19.2 Å². The zero-order chi connectivity index (χ0) is 9.84. The molecule has 0 unspecified atom stereocenters. The van der Waals surface area contributed by atoms with E-state index in [2.05, 4.69) is 0 Å². The van der Waals surface area contributed by atoms with Gasteiger partial charge in [0.05, 0.1) is 7.11 Å². The van der Waals surface area contributed by atoms with Crippen LogP contribution in [0.3, 0.4) is 0 Å². The second-order valence-electron chi connectivity index (χ2n) is 2.77. The highest BCUT2D eigenvalue weighted by molar-refractivity contribution is 5.40. The van der Waals surface area contributed by atoms with Gasteiger partial charge in [0.25, 0.3) is 0 Å². The van der Waals surface area contributed by atoms with Crippen LogP contribution in [-0.4, -0.2) is 23.6 Å². The van der Waals surface area contributed by atoms with Gasteiger partial charge in [0.15, 0.2) is 0 Å². The van der Waals surface area contributed by atoms with Gasteiger partial charge in [-0.3, -0.25) is 0 Å². The van der Waals surface area contributed by atoms with Crippen LogP contribution in [0.2, 0.25) is 0 Å². The molecule has 0 saturated carbocycles. The fraction of sp³-hybridized carbons (Fsp3) is 0.333. The van der Waals surface area contributed by atoms with Crippen LogP contribution in [0.15, 0.2) is 18.2 Å². The Labute approximate surface area is 76.6 Å². The molecule has 1 rings (SSSR count). The van der Waals surface area contributed by atoms with Crippen molar-refractivity contribution >= 4 is 0 Å². The average molecular weight is 183 g/mol. The summed E-state index contributed by atoms with van der Waals surface area (Å²) in [5.41, 5.74) is 6.00. The Balaban J connectivity index is 2.92. The zero-order valence-electron chi connectivity index (χ0n) is 7.40. The highest BCUT2D eigenvalue weighted by atomic mass is 16.5. The van der Waals surface area contributed by atoms with E-state index in [0.717, 1.165) is 5.56 Å². The van der Waals surface area contributed by atoms with Gasteiger partial charge in [-0.1, -0.05) is 6.07 Å². The molecule has 0 aliphatic carbocycles. The van der Waals surface area contributed by atoms with Crippen LogP contribution in [0.25, 0.3) is 0 Å². The van der Waals surface area contributed by atoms with E-state index >= 15 is 0 Å². The molecule has 0 radical (unpaired) electrons. The van der Waals surface area contributed by atoms with Crippen molar-refractivity contribution in [3.63, 3.8) is 0 Å². The summed E-state index contributed by atoms with van der Waals surface area (Å²) in [6.07, 6.45) is -0.595. The van der Waals surface area contributed by atoms with Crippen molar-refractivity contribution in [2.75, 3.05) is 7.11 Å². The van der Waals surface area contributed by atoms with Crippen molar-refractivity contribution in [3.8, 4) is 11.5 Å². The zero-order valence-corrected chi connectivity index (χ0v) is 7.40. The lowest BCUT2D eigenvalue weighted by Crippen LogP contribution is -2.21. The Bertz CT molecular complexity index is 286. The number of hydrogen-bond donors (Lipinski definition) is 3. The van der Waals surface area contributed by atoms with Crippen LogP contribution < -0.4 is 10.5 Å². The van der Waals surface area contributed by atoms with Crippen LogP contribution in [0.1, 0.15) is 5.56 Å². The molecule has 0 aliphatic rings. The van der Waals surface area contributed by atoms with Crippen molar-refractivity contribution in [1.29, 1.82) is 0 Å². The second kappa shape index (κ2) is 4.11. The number of aliphatic hydroxyl groups excluding tert-OH is 1. The second-order valence-corrected chi connectivity index (χ2v) is 2.77. The van der Waals surface area contributed by atoms with Crippen molar-refractivity contribution in [3.05, 3.63) is 23.8 Å². The predicted octanol–water partition coefficient (Wildman–Crippen LogP) is 0.220. The molecule has 1 atom stereocenters. The Morgan fingerprint density at radius 3 is 2.77 bits per heavy atom. The fourth-order valence-corrected chi connectivity index (χ4v) is 1.13. The molecule has 0 fully saturated rings. The van der Waals surface area contributed by atoms with Crippen molar-refractivity contribution < 1.29 is 14.9 Å². The molecule has 0 spiro atoms. The number of aromatic hydroxyl groups is 1. The van der Waals surface area contributed by atoms with Crippen LogP contribution in [0.5, 0.6) is 11.5 Å². The number of phenols is 1. The number of benzene rings is 1. The SMILES string of the molecule is COc1cc(O)ccc1C[C@H](N)O. The van der Waals surface area contributed by atoms with E-state index in [-0.39, 0.29) is 5.75 Å². The summed E-state index contributed by atoms with van der Waals surface area (Å²) in [5, 5.41) is 18.1. The largest absolute Gasteiger partial charge is 0.508 e. The normalized spacial score (nSPS) is 12.5. The van der Waals surface area contributed by atoms with Crippen LogP contribution in [0.4, 0.5) is 0 Å². The van der Waals surface area contributed by atoms with Crippen molar-refractivity contribution in [1.82, 2.24) is 0 Å². The van der Waals surface area contributed by atoms with E-state index in [1.54, 1.807) is 6.07 Å². The highest BCUT2D eigenvalue weighted by Gasteiger charge is 2.06. The molecule has 1 aromatic carbocycles. The minimum absolute atomic E-state index is 0.132. The molecule has 0 saturated heterocycles. The maximum atomic E-state index is 9.13. The van der Waals surface area contributed by atoms with Crippen LogP contribution >= 0.6 is 0 Å². The standard InChI is InChI=1S/C9H13NO3/c1-13-8-5-7(11)3-2-6(8)4-9(10)12/h2-3,5,9,11-12H,4,10H2,1H3/t9-/m1/s1. The first-order valence-corrected chi connectivity index (χ1v) is 3.93. The average Bonchev–Trinajstić information content (AvgIpc) is 2.07. The maximum absolute atomic E-state index is 9.13. The molecule has 4 heteroatoms. The van der Waals surface area contributed by atoms with Gasteiger partial charge in [-0.25, -0.2) is 0 Å². The Hall–Kier alpha value is -1.26. The summed E-state index contributed by atoms with van der Waals surface area (Å²) in [7, 11) is 1.50. The monoisotopic (exact) mass is 183 g/mol. The van der Waals surface area contributed by atoms with E-state index in [4.69, 9.17) is 20.7 Å². The lowest BCUT2D eigenvalue weighted by atomic mass is 10.1. The number of ether oxygens (including phenoxy) is 1. The molecule has 0 amide bonds. The number of methoxy groups -OCH3 is 1. The van der Waals surface area contributed by atoms with E-state index < -0.39 is 6.23 Å². The first kappa shape index (κ1) is 9.83. The van der Waals surface area contributed by atoms with E-state index in [9.17, 15) is 0 Å². The molecular weight excluding hydrogens is 170 g/mol. The molecule has 13 heavy (non-hydrogen) atoms. The number of rotatable bonds is 3. The third-order valence-corrected chi connectivity index (χ3v) is 1.70. The van der Waals surface area contributed by atoms with Crippen LogP contribution in [-0.2, 0) is 6.42 Å². The fourth-order valence-electron chi connectivity index (χ4n) is 1.13. The number of nitrogens with two attached hydrogens (primary N) is 1. The lowest BCUT2D eigenvalue weighted by molar-refractivity contribution is 0.181. The molecule has 0 aromatic heterocycles. The Morgan fingerprint density at radius 1 is 1.54 bits per heavy atom. The van der Waals surface area contributed by atoms with Crippen molar-refractivity contribution in [2.24, 2.45) is 5.73 Å². The predicted molar refractivity (Wildman–Crippen MR) is 48.6 cm³/mol.